The van der Waals surface area contributed by atoms with Crippen LogP contribution in [-0.2, 0) is 0 Å². The summed E-state index contributed by atoms with van der Waals surface area (Å²) in [4.78, 5) is 20.7. The van der Waals surface area contributed by atoms with Gasteiger partial charge in [-0.25, -0.2) is 9.97 Å². The summed E-state index contributed by atoms with van der Waals surface area (Å²) < 4.78 is 13.8. The summed E-state index contributed by atoms with van der Waals surface area (Å²) in [5, 5.41) is 9.88. The Kier molecular flexibility index (Phi) is 7.34. The largest absolute Gasteiger partial charge is 0.456 e. The van der Waals surface area contributed by atoms with Crippen LogP contribution in [0.15, 0.2) is 197 Å². The minimum absolute atomic E-state index is 0.557. The zero-order valence-electron chi connectivity index (χ0n) is 32.4. The minimum atomic E-state index is 0.557. The molecular weight excluding hydrogens is 771 g/mol. The third-order valence-electron chi connectivity index (χ3n) is 11.7. The van der Waals surface area contributed by atoms with Crippen molar-refractivity contribution in [1.29, 1.82) is 0 Å². The van der Waals surface area contributed by atoms with E-state index in [1.54, 1.807) is 11.3 Å². The van der Waals surface area contributed by atoms with Gasteiger partial charge in [0.2, 0.25) is 5.95 Å². The van der Waals surface area contributed by atoms with E-state index in [1.165, 1.54) is 5.39 Å². The molecule has 13 rings (SSSR count). The fourth-order valence-electron chi connectivity index (χ4n) is 8.81. The molecule has 0 aliphatic rings. The van der Waals surface area contributed by atoms with Gasteiger partial charge >= 0.3 is 0 Å². The Balaban J connectivity index is 0.961. The Bertz CT molecular complexity index is 3630. The van der Waals surface area contributed by atoms with E-state index in [4.69, 9.17) is 23.8 Å². The van der Waals surface area contributed by atoms with E-state index >= 15 is 0 Å². The summed E-state index contributed by atoms with van der Waals surface area (Å²) in [6.07, 6.45) is 3.86. The van der Waals surface area contributed by atoms with Gasteiger partial charge in [-0.1, -0.05) is 97.1 Å². The standard InChI is InChI=1S/C53H31N5O2S/c1-3-11-34-25-36(19-17-32(34)9-1)57(38-21-23-43-41-13-5-7-15-46(41)59-48(43)27-38)40-29-50-51(54-30-40)45-31-55-53(56-52(45)61-50)58(37-20-18-33-10-2-4-12-35(33)26-37)39-22-24-44-42-14-6-8-16-47(42)60-49(44)28-39/h1-31H. The fourth-order valence-corrected chi connectivity index (χ4v) is 9.85. The van der Waals surface area contributed by atoms with Crippen LogP contribution < -0.4 is 9.80 Å². The van der Waals surface area contributed by atoms with Crippen LogP contribution in [0.4, 0.5) is 34.4 Å². The van der Waals surface area contributed by atoms with Crippen molar-refractivity contribution >= 4 is 132 Å². The average Bonchev–Trinajstić information content (AvgIpc) is 3.99. The summed E-state index contributed by atoms with van der Waals surface area (Å²) in [6.45, 7) is 0. The second-order valence-electron chi connectivity index (χ2n) is 15.3. The summed E-state index contributed by atoms with van der Waals surface area (Å²) in [5.41, 5.74) is 8.99. The molecule has 0 fully saturated rings. The number of thiophene rings is 1. The maximum absolute atomic E-state index is 6.38. The quantitative estimate of drug-likeness (QED) is 0.166. The maximum atomic E-state index is 6.38. The Morgan fingerprint density at radius 2 is 0.885 bits per heavy atom. The number of aromatic nitrogens is 3. The molecule has 8 aromatic carbocycles. The first kappa shape index (κ1) is 33.9. The molecule has 13 aromatic rings. The number of fused-ring (bicyclic) bond motifs is 11. The summed E-state index contributed by atoms with van der Waals surface area (Å²) in [5.74, 6) is 0.557. The average molecular weight is 802 g/mol. The first-order valence-corrected chi connectivity index (χ1v) is 21.0. The molecule has 0 aliphatic heterocycles. The molecule has 0 aliphatic carbocycles. The van der Waals surface area contributed by atoms with Crippen LogP contribution in [0.2, 0.25) is 0 Å². The zero-order chi connectivity index (χ0) is 40.0. The van der Waals surface area contributed by atoms with Crippen molar-refractivity contribution in [3.63, 3.8) is 0 Å². The number of hydrogen-bond acceptors (Lipinski definition) is 8. The predicted octanol–water partition coefficient (Wildman–Crippen LogP) is 15.3. The number of furan rings is 2. The Morgan fingerprint density at radius 1 is 0.377 bits per heavy atom. The fraction of sp³-hybridized carbons (Fsp3) is 0. The third-order valence-corrected chi connectivity index (χ3v) is 12.8. The lowest BCUT2D eigenvalue weighted by Crippen LogP contribution is -2.13. The van der Waals surface area contributed by atoms with E-state index in [-0.39, 0.29) is 0 Å². The zero-order valence-corrected chi connectivity index (χ0v) is 33.2. The lowest BCUT2D eigenvalue weighted by molar-refractivity contribution is 0.668. The molecule has 0 spiro atoms. The highest BCUT2D eigenvalue weighted by molar-refractivity contribution is 7.25. The molecule has 5 heterocycles. The van der Waals surface area contributed by atoms with E-state index in [0.29, 0.717) is 5.95 Å². The number of hydrogen-bond donors (Lipinski definition) is 0. The van der Waals surface area contributed by atoms with Crippen LogP contribution in [0.3, 0.4) is 0 Å². The van der Waals surface area contributed by atoms with Crippen molar-refractivity contribution in [2.45, 2.75) is 0 Å². The van der Waals surface area contributed by atoms with Gasteiger partial charge in [0.1, 0.15) is 27.2 Å². The molecular formula is C53H31N5O2S. The van der Waals surface area contributed by atoms with Gasteiger partial charge in [0.15, 0.2) is 0 Å². The lowest BCUT2D eigenvalue weighted by atomic mass is 10.1. The molecule has 0 atom stereocenters. The molecule has 0 saturated heterocycles. The summed E-state index contributed by atoms with van der Waals surface area (Å²) in [7, 11) is 0. The van der Waals surface area contributed by atoms with Crippen molar-refractivity contribution in [2.75, 3.05) is 9.80 Å². The Labute approximate surface area is 352 Å². The van der Waals surface area contributed by atoms with E-state index < -0.39 is 0 Å². The van der Waals surface area contributed by atoms with E-state index in [0.717, 1.165) is 109 Å². The van der Waals surface area contributed by atoms with Crippen LogP contribution in [-0.4, -0.2) is 15.0 Å². The van der Waals surface area contributed by atoms with Crippen molar-refractivity contribution in [1.82, 2.24) is 15.0 Å². The van der Waals surface area contributed by atoms with Gasteiger partial charge < -0.3 is 13.7 Å². The number of rotatable bonds is 6. The first-order valence-electron chi connectivity index (χ1n) is 20.1. The molecule has 0 saturated carbocycles. The van der Waals surface area contributed by atoms with Crippen molar-refractivity contribution in [3.8, 4) is 0 Å². The number of anilines is 6. The Hall–Kier alpha value is -8.07. The lowest BCUT2D eigenvalue weighted by Gasteiger charge is -2.25. The maximum Gasteiger partial charge on any atom is 0.235 e. The predicted molar refractivity (Wildman–Crippen MR) is 252 cm³/mol. The summed E-state index contributed by atoms with van der Waals surface area (Å²) >= 11 is 1.62. The van der Waals surface area contributed by atoms with Crippen LogP contribution in [0.25, 0.3) is 85.9 Å². The van der Waals surface area contributed by atoms with Gasteiger partial charge in [-0.05, 0) is 88.3 Å². The molecule has 0 bridgehead atoms. The van der Waals surface area contributed by atoms with Gasteiger partial charge in [-0.3, -0.25) is 9.88 Å². The van der Waals surface area contributed by atoms with Crippen LogP contribution in [0.5, 0.6) is 0 Å². The highest BCUT2D eigenvalue weighted by Crippen LogP contribution is 2.43. The molecule has 286 valence electrons. The molecule has 0 radical (unpaired) electrons. The van der Waals surface area contributed by atoms with Gasteiger partial charge in [0.25, 0.3) is 0 Å². The number of benzene rings is 8. The molecule has 0 amide bonds. The van der Waals surface area contributed by atoms with Crippen LogP contribution in [0.1, 0.15) is 0 Å². The van der Waals surface area contributed by atoms with Gasteiger partial charge in [-0.15, -0.1) is 11.3 Å². The smallest absolute Gasteiger partial charge is 0.235 e. The number of nitrogens with zero attached hydrogens (tertiary/aromatic N) is 5. The second-order valence-corrected chi connectivity index (χ2v) is 16.4. The number of pyridine rings is 1. The number of para-hydroxylation sites is 2. The van der Waals surface area contributed by atoms with Gasteiger partial charge in [0.05, 0.1) is 33.2 Å². The van der Waals surface area contributed by atoms with Crippen LogP contribution >= 0.6 is 11.3 Å². The minimum Gasteiger partial charge on any atom is -0.456 e. The Morgan fingerprint density at radius 3 is 1.52 bits per heavy atom. The van der Waals surface area contributed by atoms with Gasteiger partial charge in [-0.2, -0.15) is 0 Å². The van der Waals surface area contributed by atoms with Crippen molar-refractivity contribution in [2.24, 2.45) is 0 Å². The summed E-state index contributed by atoms with van der Waals surface area (Å²) in [6, 6.07) is 61.2. The van der Waals surface area contributed by atoms with E-state index in [9.17, 15) is 0 Å². The highest BCUT2D eigenvalue weighted by Gasteiger charge is 2.22. The molecule has 8 heteroatoms. The van der Waals surface area contributed by atoms with E-state index in [1.807, 2.05) is 48.8 Å². The van der Waals surface area contributed by atoms with E-state index in [2.05, 4.69) is 149 Å². The highest BCUT2D eigenvalue weighted by atomic mass is 32.1. The SMILES string of the molecule is c1ccc2cc(N(c3ccc4c(c3)oc3ccccc34)c3cnc4c(c3)sc3nc(N(c5ccc6ccccc6c5)c5ccc6c(c5)oc5ccccc56)ncc34)ccc2c1. The molecule has 5 aromatic heterocycles. The monoisotopic (exact) mass is 801 g/mol. The molecule has 7 nitrogen and oxygen atoms in total. The molecule has 0 N–H and O–H groups in total. The first-order chi connectivity index (χ1) is 30.2. The van der Waals surface area contributed by atoms with Crippen molar-refractivity contribution in [3.05, 3.63) is 188 Å². The second kappa shape index (κ2) is 13.2. The van der Waals surface area contributed by atoms with Gasteiger partial charge in [0, 0.05) is 56.9 Å². The van der Waals surface area contributed by atoms with Crippen molar-refractivity contribution < 1.29 is 8.83 Å². The molecule has 61 heavy (non-hydrogen) atoms. The third kappa shape index (κ3) is 5.46. The topological polar surface area (TPSA) is 71.4 Å². The molecule has 0 unspecified atom stereocenters. The van der Waals surface area contributed by atoms with Crippen LogP contribution in [0, 0.1) is 0 Å². The normalized spacial score (nSPS) is 11.9.